The first-order chi connectivity index (χ1) is 26.6. The summed E-state index contributed by atoms with van der Waals surface area (Å²) in [5, 5.41) is 58.7. The third-order valence-electron chi connectivity index (χ3n) is 18.6. The molecule has 0 bridgehead atoms. The summed E-state index contributed by atoms with van der Waals surface area (Å²) in [6.07, 6.45) is 2.54. The third-order valence-corrected chi connectivity index (χ3v) is 18.6. The first-order valence-corrected chi connectivity index (χ1v) is 22.4. The maximum atomic E-state index is 15.6. The minimum atomic E-state index is -4.15. The van der Waals surface area contributed by atoms with Crippen molar-refractivity contribution in [3.05, 3.63) is 0 Å². The number of rotatable bonds is 11. The Morgan fingerprint density at radius 3 is 0.833 bits per heavy atom. The van der Waals surface area contributed by atoms with Crippen LogP contribution in [0.15, 0.2) is 0 Å². The molecule has 1 atom stereocenters. The molecule has 1 unspecified atom stereocenters. The van der Waals surface area contributed by atoms with Gasteiger partial charge in [0.25, 0.3) is 0 Å². The van der Waals surface area contributed by atoms with Crippen LogP contribution in [0.25, 0.3) is 0 Å². The van der Waals surface area contributed by atoms with Gasteiger partial charge >= 0.3 is 0 Å². The zero-order chi connectivity index (χ0) is 46.8. The Balaban J connectivity index is 2.47. The molecule has 4 fully saturated rings. The molecule has 4 heterocycles. The number of likely N-dealkylation sites (tertiary alicyclic amines) is 4. The van der Waals surface area contributed by atoms with Crippen molar-refractivity contribution in [1.29, 1.82) is 0 Å². The molecule has 0 N–H and O–H groups in total. The standard InChI is InChI=1S/C48H86N4O8/c1-38(2)21-30(22-39(3,4)49(38)17)23-46(31-24-40(5,6)50(18)41(7,8)25-31,32-26-42(9,10)51(19)43(11,12)27-32)48(37(59)60,47(34(53)54,35(55)56)36(57)58)33-28-44(13,14)52(20)45(15,16)29-33/h30-33H,21-29H2,1-20H3,(H,53,54)(H,55,56)(H,57,58)(H,59,60)/p-4. The molecule has 0 aliphatic carbocycles. The fourth-order valence-electron chi connectivity index (χ4n) is 15.1. The van der Waals surface area contributed by atoms with Gasteiger partial charge in [0.1, 0.15) is 5.41 Å². The number of carboxylic acids is 4. The van der Waals surface area contributed by atoms with E-state index in [1.165, 1.54) is 0 Å². The van der Waals surface area contributed by atoms with E-state index in [9.17, 15) is 29.7 Å². The molecule has 0 aromatic carbocycles. The van der Waals surface area contributed by atoms with E-state index in [-0.39, 0.29) is 25.2 Å². The average molecular weight is 843 g/mol. The molecule has 346 valence electrons. The summed E-state index contributed by atoms with van der Waals surface area (Å²) in [5.74, 6) is -12.6. The largest absolute Gasteiger partial charge is 0.549 e. The number of aliphatic carboxylic acids is 4. The Labute approximate surface area is 363 Å². The van der Waals surface area contributed by atoms with Gasteiger partial charge in [-0.3, -0.25) is 19.6 Å². The van der Waals surface area contributed by atoms with Gasteiger partial charge in [-0.1, -0.05) is 0 Å². The summed E-state index contributed by atoms with van der Waals surface area (Å²) in [5.41, 5.74) is -14.1. The Hall–Kier alpha value is -2.28. The summed E-state index contributed by atoms with van der Waals surface area (Å²) in [6.45, 7) is 33.0. The molecule has 4 saturated heterocycles. The van der Waals surface area contributed by atoms with Crippen LogP contribution in [-0.4, -0.2) is 116 Å². The van der Waals surface area contributed by atoms with E-state index in [0.717, 1.165) is 0 Å². The first-order valence-electron chi connectivity index (χ1n) is 22.4. The minimum Gasteiger partial charge on any atom is -0.549 e. The minimum absolute atomic E-state index is 0.0263. The normalized spacial score (nSPS) is 29.1. The maximum Gasteiger partial charge on any atom is 0.100 e. The second kappa shape index (κ2) is 14.9. The molecule has 0 amide bonds. The number of carbonyl (C=O) groups is 4. The van der Waals surface area contributed by atoms with Gasteiger partial charge in [-0.2, -0.15) is 0 Å². The first kappa shape index (κ1) is 50.4. The maximum absolute atomic E-state index is 15.6. The third kappa shape index (κ3) is 7.34. The van der Waals surface area contributed by atoms with E-state index in [1.807, 2.05) is 48.8 Å². The van der Waals surface area contributed by atoms with Crippen LogP contribution in [0.1, 0.15) is 169 Å². The monoisotopic (exact) mass is 843 g/mol. The highest BCUT2D eigenvalue weighted by molar-refractivity contribution is 6.18. The molecule has 4 aliphatic heterocycles. The molecular weight excluding hydrogens is 761 g/mol. The fourth-order valence-corrected chi connectivity index (χ4v) is 15.1. The molecule has 0 spiro atoms. The van der Waals surface area contributed by atoms with E-state index in [1.54, 1.807) is 0 Å². The van der Waals surface area contributed by atoms with E-state index in [0.29, 0.717) is 38.5 Å². The number of carboxylic acid groups (broad SMARTS) is 4. The van der Waals surface area contributed by atoms with Crippen molar-refractivity contribution < 1.29 is 39.6 Å². The topological polar surface area (TPSA) is 173 Å². The van der Waals surface area contributed by atoms with Gasteiger partial charge in [-0.15, -0.1) is 0 Å². The summed E-state index contributed by atoms with van der Waals surface area (Å²) >= 11 is 0. The van der Waals surface area contributed by atoms with Crippen molar-refractivity contribution in [2.24, 2.45) is 39.9 Å². The van der Waals surface area contributed by atoms with Gasteiger partial charge < -0.3 is 39.6 Å². The lowest BCUT2D eigenvalue weighted by atomic mass is 9.33. The lowest BCUT2D eigenvalue weighted by molar-refractivity contribution is -0.399. The predicted octanol–water partition coefficient (Wildman–Crippen LogP) is 2.93. The van der Waals surface area contributed by atoms with E-state index in [2.05, 4.69) is 110 Å². The van der Waals surface area contributed by atoms with Crippen molar-refractivity contribution in [2.75, 3.05) is 28.2 Å². The fraction of sp³-hybridized carbons (Fsp3) is 0.917. The number of piperidine rings is 4. The molecule has 0 saturated carbocycles. The molecule has 0 radical (unpaired) electrons. The number of nitrogens with zero attached hydrogens (tertiary/aromatic N) is 4. The van der Waals surface area contributed by atoms with Crippen LogP contribution < -0.4 is 20.4 Å². The van der Waals surface area contributed by atoms with Gasteiger partial charge in [-0.05, 0) is 226 Å². The van der Waals surface area contributed by atoms with Crippen LogP contribution in [0.2, 0.25) is 0 Å². The van der Waals surface area contributed by atoms with Crippen molar-refractivity contribution in [3.8, 4) is 0 Å². The van der Waals surface area contributed by atoms with Crippen molar-refractivity contribution in [3.63, 3.8) is 0 Å². The molecule has 4 rings (SSSR count). The van der Waals surface area contributed by atoms with Crippen LogP contribution in [-0.2, 0) is 19.2 Å². The second-order valence-electron chi connectivity index (χ2n) is 25.3. The molecule has 0 aromatic heterocycles. The molecule has 12 heteroatoms. The molecule has 12 nitrogen and oxygen atoms in total. The highest BCUT2D eigenvalue weighted by Crippen LogP contribution is 2.73. The Morgan fingerprint density at radius 1 is 0.400 bits per heavy atom. The Kier molecular flexibility index (Phi) is 12.5. The SMILES string of the molecule is CN1C(C)(C)CC(CC(C2CC(C)(C)N(C)C(C)(C)C2)(C2CC(C)(C)N(C)C(C)(C)C2)C(C(=O)[O-])(C2CC(C)(C)N(C)C(C)(C)C2)C(C(=O)[O-])(C(=O)[O-])C(=O)[O-])CC1(C)C. The van der Waals surface area contributed by atoms with Gasteiger partial charge in [0.05, 0.1) is 23.9 Å². The van der Waals surface area contributed by atoms with Gasteiger partial charge in [-0.25, -0.2) is 0 Å². The lowest BCUT2D eigenvalue weighted by Gasteiger charge is -2.75. The number of hydrogen-bond acceptors (Lipinski definition) is 12. The molecule has 60 heavy (non-hydrogen) atoms. The van der Waals surface area contributed by atoms with Gasteiger partial charge in [0.15, 0.2) is 0 Å². The highest BCUT2D eigenvalue weighted by atomic mass is 16.4. The van der Waals surface area contributed by atoms with Crippen LogP contribution in [0, 0.1) is 39.9 Å². The van der Waals surface area contributed by atoms with Gasteiger partial charge in [0, 0.05) is 49.7 Å². The highest BCUT2D eigenvalue weighted by Gasteiger charge is 2.76. The summed E-state index contributed by atoms with van der Waals surface area (Å²) in [4.78, 5) is 67.7. The van der Waals surface area contributed by atoms with Crippen LogP contribution in [0.4, 0.5) is 0 Å². The van der Waals surface area contributed by atoms with Crippen LogP contribution in [0.5, 0.6) is 0 Å². The molecule has 0 aromatic rings. The van der Waals surface area contributed by atoms with E-state index in [4.69, 9.17) is 0 Å². The Morgan fingerprint density at radius 2 is 0.617 bits per heavy atom. The van der Waals surface area contributed by atoms with Gasteiger partial charge in [0.2, 0.25) is 0 Å². The zero-order valence-corrected chi connectivity index (χ0v) is 41.2. The van der Waals surface area contributed by atoms with Crippen LogP contribution >= 0.6 is 0 Å². The van der Waals surface area contributed by atoms with E-state index >= 15 is 9.90 Å². The van der Waals surface area contributed by atoms with Crippen molar-refractivity contribution >= 4 is 23.9 Å². The van der Waals surface area contributed by atoms with Crippen LogP contribution in [0.3, 0.4) is 0 Å². The van der Waals surface area contributed by atoms with Crippen molar-refractivity contribution in [1.82, 2.24) is 19.6 Å². The zero-order valence-electron chi connectivity index (χ0n) is 41.2. The quantitative estimate of drug-likeness (QED) is 0.279. The molecular formula is C48H82N4O8-4. The van der Waals surface area contributed by atoms with E-state index < -0.39 is 102 Å². The summed E-state index contributed by atoms with van der Waals surface area (Å²) < 4.78 is 0. The second-order valence-corrected chi connectivity index (χ2v) is 25.3. The number of carbonyl (C=O) groups excluding carboxylic acids is 4. The molecule has 4 aliphatic rings. The average Bonchev–Trinajstić information content (AvgIpc) is 3.03. The lowest BCUT2D eigenvalue weighted by Crippen LogP contribution is -2.83. The smallest absolute Gasteiger partial charge is 0.100 e. The predicted molar refractivity (Wildman–Crippen MR) is 227 cm³/mol. The number of hydrogen-bond donors (Lipinski definition) is 0. The summed E-state index contributed by atoms with van der Waals surface area (Å²) in [6, 6.07) is 0. The Bertz CT molecular complexity index is 1560. The van der Waals surface area contributed by atoms with Crippen molar-refractivity contribution in [2.45, 2.75) is 213 Å². The summed E-state index contributed by atoms with van der Waals surface area (Å²) in [7, 11) is 8.06.